The molecule has 1 saturated heterocycles. The molecule has 2 aromatic rings. The number of benzene rings is 2. The van der Waals surface area contributed by atoms with Crippen molar-refractivity contribution in [2.24, 2.45) is 0 Å². The van der Waals surface area contributed by atoms with Gasteiger partial charge in [0.1, 0.15) is 22.6 Å². The summed E-state index contributed by atoms with van der Waals surface area (Å²) in [6.45, 7) is 4.29. The number of urea groups is 1. The minimum absolute atomic E-state index is 0.112. The van der Waals surface area contributed by atoms with E-state index >= 15 is 0 Å². The summed E-state index contributed by atoms with van der Waals surface area (Å²) < 4.78 is 10.6. The fourth-order valence-electron chi connectivity index (χ4n) is 3.00. The molecule has 1 aliphatic rings. The number of nitrogens with one attached hydrogen (secondary N) is 1. The van der Waals surface area contributed by atoms with Crippen molar-refractivity contribution in [3.63, 3.8) is 0 Å². The monoisotopic (exact) mass is 424 g/mol. The van der Waals surface area contributed by atoms with Crippen LogP contribution in [0.4, 0.5) is 10.5 Å². The quantitative estimate of drug-likeness (QED) is 0.518. The Labute approximate surface area is 177 Å². The van der Waals surface area contributed by atoms with E-state index in [9.17, 15) is 24.3 Å². The van der Waals surface area contributed by atoms with Gasteiger partial charge in [-0.2, -0.15) is 0 Å². The maximum atomic E-state index is 13.0. The Balaban J connectivity index is 1.97. The van der Waals surface area contributed by atoms with Gasteiger partial charge in [-0.25, -0.2) is 14.5 Å². The molecule has 3 rings (SSSR count). The Morgan fingerprint density at radius 2 is 1.71 bits per heavy atom. The first-order chi connectivity index (χ1) is 14.8. The van der Waals surface area contributed by atoms with Gasteiger partial charge in [-0.1, -0.05) is 6.07 Å². The predicted octanol–water partition coefficient (Wildman–Crippen LogP) is 2.85. The van der Waals surface area contributed by atoms with E-state index in [1.54, 1.807) is 19.1 Å². The maximum Gasteiger partial charge on any atom is 0.339 e. The number of carbonyl (C=O) groups excluding carboxylic acids is 3. The molecule has 4 amide bonds. The third-order valence-corrected chi connectivity index (χ3v) is 4.35. The van der Waals surface area contributed by atoms with Crippen LogP contribution in [-0.4, -0.2) is 42.1 Å². The third kappa shape index (κ3) is 4.55. The molecule has 2 aromatic carbocycles. The molecule has 1 heterocycles. The van der Waals surface area contributed by atoms with Gasteiger partial charge in [0.05, 0.1) is 18.9 Å². The van der Waals surface area contributed by atoms with Crippen molar-refractivity contribution in [1.29, 1.82) is 0 Å². The van der Waals surface area contributed by atoms with Crippen LogP contribution in [0.25, 0.3) is 6.08 Å². The largest absolute Gasteiger partial charge is 0.494 e. The zero-order valence-corrected chi connectivity index (χ0v) is 16.9. The number of hydrogen-bond acceptors (Lipinski definition) is 6. The summed E-state index contributed by atoms with van der Waals surface area (Å²) in [4.78, 5) is 49.9. The minimum Gasteiger partial charge on any atom is -0.494 e. The van der Waals surface area contributed by atoms with Gasteiger partial charge in [0.15, 0.2) is 0 Å². The summed E-state index contributed by atoms with van der Waals surface area (Å²) in [7, 11) is 0. The zero-order chi connectivity index (χ0) is 22.5. The SMILES string of the molecule is CCOc1ccc(N2C(=O)NC(=O)/C(=C\c3ccc(OCC)c(C(=O)O)c3)C2=O)cc1. The number of carbonyl (C=O) groups is 4. The number of barbiturate groups is 1. The van der Waals surface area contributed by atoms with E-state index in [1.165, 1.54) is 36.4 Å². The molecule has 0 radical (unpaired) electrons. The number of nitrogens with zero attached hydrogens (tertiary/aromatic N) is 1. The molecular formula is C22H20N2O7. The van der Waals surface area contributed by atoms with Gasteiger partial charge in [-0.15, -0.1) is 0 Å². The van der Waals surface area contributed by atoms with Crippen LogP contribution in [0.15, 0.2) is 48.0 Å². The van der Waals surface area contributed by atoms with Crippen molar-refractivity contribution in [2.45, 2.75) is 13.8 Å². The molecule has 0 spiro atoms. The predicted molar refractivity (Wildman–Crippen MR) is 111 cm³/mol. The molecular weight excluding hydrogens is 404 g/mol. The number of carboxylic acids is 1. The lowest BCUT2D eigenvalue weighted by molar-refractivity contribution is -0.122. The van der Waals surface area contributed by atoms with Crippen LogP contribution >= 0.6 is 0 Å². The average Bonchev–Trinajstić information content (AvgIpc) is 2.73. The molecule has 2 N–H and O–H groups in total. The van der Waals surface area contributed by atoms with Crippen LogP contribution in [0, 0.1) is 0 Å². The van der Waals surface area contributed by atoms with E-state index in [0.29, 0.717) is 17.9 Å². The zero-order valence-electron chi connectivity index (χ0n) is 16.9. The number of carboxylic acid groups (broad SMARTS) is 1. The van der Waals surface area contributed by atoms with Gasteiger partial charge in [0, 0.05) is 0 Å². The van der Waals surface area contributed by atoms with E-state index in [1.807, 2.05) is 6.92 Å². The molecule has 0 bridgehead atoms. The first-order valence-corrected chi connectivity index (χ1v) is 9.50. The minimum atomic E-state index is -1.21. The van der Waals surface area contributed by atoms with Gasteiger partial charge in [-0.05, 0) is 61.9 Å². The second kappa shape index (κ2) is 9.12. The van der Waals surface area contributed by atoms with Crippen LogP contribution in [0.2, 0.25) is 0 Å². The van der Waals surface area contributed by atoms with Crippen molar-refractivity contribution in [2.75, 3.05) is 18.1 Å². The van der Waals surface area contributed by atoms with E-state index < -0.39 is 23.8 Å². The molecule has 31 heavy (non-hydrogen) atoms. The smallest absolute Gasteiger partial charge is 0.339 e. The van der Waals surface area contributed by atoms with Crippen LogP contribution < -0.4 is 19.7 Å². The highest BCUT2D eigenvalue weighted by molar-refractivity contribution is 6.39. The summed E-state index contributed by atoms with van der Waals surface area (Å²) in [6.07, 6.45) is 1.23. The fraction of sp³-hybridized carbons (Fsp3) is 0.182. The topological polar surface area (TPSA) is 122 Å². The number of hydrogen-bond donors (Lipinski definition) is 2. The second-order valence-corrected chi connectivity index (χ2v) is 6.38. The molecule has 0 aliphatic carbocycles. The second-order valence-electron chi connectivity index (χ2n) is 6.38. The molecule has 1 fully saturated rings. The van der Waals surface area contributed by atoms with Crippen molar-refractivity contribution >= 4 is 35.6 Å². The summed E-state index contributed by atoms with van der Waals surface area (Å²) in [5, 5.41) is 11.5. The standard InChI is InChI=1S/C22H20N2O7/c1-3-30-15-8-6-14(7-9-15)24-20(26)17(19(25)23-22(24)29)12-13-5-10-18(31-4-2)16(11-13)21(27)28/h5-12H,3-4H2,1-2H3,(H,27,28)(H,23,25,29)/b17-12+. The third-order valence-electron chi connectivity index (χ3n) is 4.35. The van der Waals surface area contributed by atoms with Crippen LogP contribution in [0.5, 0.6) is 11.5 Å². The number of aromatic carboxylic acids is 1. The van der Waals surface area contributed by atoms with Gasteiger partial charge in [0.25, 0.3) is 11.8 Å². The summed E-state index contributed by atoms with van der Waals surface area (Å²) >= 11 is 0. The van der Waals surface area contributed by atoms with Crippen molar-refractivity contribution in [1.82, 2.24) is 5.32 Å². The summed E-state index contributed by atoms with van der Waals surface area (Å²) in [5.74, 6) is -2.18. The van der Waals surface area contributed by atoms with Crippen LogP contribution in [0.1, 0.15) is 29.8 Å². The number of ether oxygens (including phenoxy) is 2. The molecule has 1 aliphatic heterocycles. The summed E-state index contributed by atoms with van der Waals surface area (Å²) in [5.41, 5.74) is 0.121. The molecule has 9 nitrogen and oxygen atoms in total. The van der Waals surface area contributed by atoms with Gasteiger partial charge in [0.2, 0.25) is 0 Å². The highest BCUT2D eigenvalue weighted by Gasteiger charge is 2.36. The Morgan fingerprint density at radius 3 is 2.32 bits per heavy atom. The van der Waals surface area contributed by atoms with E-state index in [4.69, 9.17) is 9.47 Å². The van der Waals surface area contributed by atoms with Gasteiger partial charge in [-0.3, -0.25) is 14.9 Å². The first-order valence-electron chi connectivity index (χ1n) is 9.50. The molecule has 9 heteroatoms. The highest BCUT2D eigenvalue weighted by atomic mass is 16.5. The Morgan fingerprint density at radius 1 is 1.03 bits per heavy atom. The highest BCUT2D eigenvalue weighted by Crippen LogP contribution is 2.26. The van der Waals surface area contributed by atoms with Crippen LogP contribution in [-0.2, 0) is 9.59 Å². The van der Waals surface area contributed by atoms with Gasteiger partial charge < -0.3 is 14.6 Å². The Bertz CT molecular complexity index is 1070. The number of imide groups is 2. The Hall–Kier alpha value is -4.14. The van der Waals surface area contributed by atoms with E-state index in [-0.39, 0.29) is 29.2 Å². The van der Waals surface area contributed by atoms with Crippen molar-refractivity contribution in [3.05, 3.63) is 59.2 Å². The van der Waals surface area contributed by atoms with Crippen molar-refractivity contribution < 1.29 is 33.8 Å². The lowest BCUT2D eigenvalue weighted by Crippen LogP contribution is -2.54. The van der Waals surface area contributed by atoms with Gasteiger partial charge >= 0.3 is 12.0 Å². The molecule has 0 aromatic heterocycles. The van der Waals surface area contributed by atoms with E-state index in [2.05, 4.69) is 5.32 Å². The van der Waals surface area contributed by atoms with Crippen LogP contribution in [0.3, 0.4) is 0 Å². The molecule has 160 valence electrons. The number of rotatable bonds is 7. The lowest BCUT2D eigenvalue weighted by atomic mass is 10.0. The normalized spacial score (nSPS) is 15.1. The molecule has 0 saturated carbocycles. The Kier molecular flexibility index (Phi) is 6.35. The lowest BCUT2D eigenvalue weighted by Gasteiger charge is -2.26. The molecule has 0 unspecified atom stereocenters. The van der Waals surface area contributed by atoms with Crippen molar-refractivity contribution in [3.8, 4) is 11.5 Å². The summed E-state index contributed by atoms with van der Waals surface area (Å²) in [6, 6.07) is 9.62. The fourth-order valence-corrected chi connectivity index (χ4v) is 3.00. The maximum absolute atomic E-state index is 13.0. The van der Waals surface area contributed by atoms with E-state index in [0.717, 1.165) is 4.90 Å². The average molecular weight is 424 g/mol. The first kappa shape index (κ1) is 21.6. The number of amides is 4. The number of anilines is 1. The molecule has 0 atom stereocenters.